The van der Waals surface area contributed by atoms with E-state index in [-0.39, 0.29) is 23.4 Å². The summed E-state index contributed by atoms with van der Waals surface area (Å²) in [4.78, 5) is 43.7. The molecule has 35 heavy (non-hydrogen) atoms. The summed E-state index contributed by atoms with van der Waals surface area (Å²) in [6.07, 6.45) is -1.12. The molecule has 2 aromatic heterocycles. The lowest BCUT2D eigenvalue weighted by Gasteiger charge is -2.17. The van der Waals surface area contributed by atoms with E-state index in [1.165, 1.54) is 36.7 Å². The molecule has 1 aliphatic carbocycles. The number of H-pyrrole nitrogens is 1. The SMILES string of the molecule is NC(=O)c1cc[nH]c(=O)c1C1(C(=O)NCc2ccc(Nc3ccc(Br)cc3C(F)(F)F)cn2)CC1. The summed E-state index contributed by atoms with van der Waals surface area (Å²) in [5.74, 6) is -1.24. The van der Waals surface area contributed by atoms with Crippen molar-refractivity contribution in [3.63, 3.8) is 0 Å². The Hall–Kier alpha value is -3.67. The molecule has 0 saturated heterocycles. The third-order valence-corrected chi connectivity index (χ3v) is 6.20. The van der Waals surface area contributed by atoms with Gasteiger partial charge < -0.3 is 21.4 Å². The maximum Gasteiger partial charge on any atom is 0.418 e. The number of aromatic amines is 1. The molecule has 2 amide bonds. The van der Waals surface area contributed by atoms with Crippen molar-refractivity contribution in [1.82, 2.24) is 15.3 Å². The number of nitrogens with two attached hydrogens (primary N) is 1. The minimum absolute atomic E-state index is 0.00104. The van der Waals surface area contributed by atoms with E-state index in [0.29, 0.717) is 28.7 Å². The van der Waals surface area contributed by atoms with Gasteiger partial charge in [0, 0.05) is 16.2 Å². The highest BCUT2D eigenvalue weighted by atomic mass is 79.9. The number of hydrogen-bond donors (Lipinski definition) is 4. The summed E-state index contributed by atoms with van der Waals surface area (Å²) in [6, 6.07) is 8.24. The highest BCUT2D eigenvalue weighted by molar-refractivity contribution is 9.10. The standard InChI is InChI=1S/C23H19BrF3N5O3/c24-12-1-4-17(16(9-12)23(25,26)27)32-14-3-2-13(30-11-14)10-31-21(35)22(6-7-22)18-15(19(28)33)5-8-29-20(18)34/h1-5,8-9,11,32H,6-7,10H2,(H2,28,33)(H,29,34)(H,31,35). The van der Waals surface area contributed by atoms with Crippen LogP contribution in [0.3, 0.4) is 0 Å². The molecule has 4 rings (SSSR count). The molecule has 0 atom stereocenters. The average Bonchev–Trinajstić information content (AvgIpc) is 3.60. The first kappa shape index (κ1) is 24.5. The molecule has 0 spiro atoms. The van der Waals surface area contributed by atoms with E-state index >= 15 is 0 Å². The van der Waals surface area contributed by atoms with Gasteiger partial charge in [-0.25, -0.2) is 0 Å². The number of pyridine rings is 2. The number of alkyl halides is 3. The zero-order chi connectivity index (χ0) is 25.4. The first-order chi connectivity index (χ1) is 16.5. The van der Waals surface area contributed by atoms with Gasteiger partial charge in [-0.1, -0.05) is 15.9 Å². The summed E-state index contributed by atoms with van der Waals surface area (Å²) < 4.78 is 40.3. The fourth-order valence-corrected chi connectivity index (χ4v) is 4.19. The number of rotatable bonds is 7. The summed E-state index contributed by atoms with van der Waals surface area (Å²) in [5.41, 5.74) is 3.56. The number of anilines is 2. The summed E-state index contributed by atoms with van der Waals surface area (Å²) in [6.45, 7) is 0.0175. The number of aromatic nitrogens is 2. The van der Waals surface area contributed by atoms with Gasteiger partial charge in [-0.3, -0.25) is 19.4 Å². The molecule has 2 heterocycles. The molecular weight excluding hydrogens is 531 g/mol. The van der Waals surface area contributed by atoms with Gasteiger partial charge in [0.2, 0.25) is 11.8 Å². The number of benzene rings is 1. The Morgan fingerprint density at radius 2 is 1.91 bits per heavy atom. The van der Waals surface area contributed by atoms with Crippen LogP contribution in [0.5, 0.6) is 0 Å². The Morgan fingerprint density at radius 3 is 2.51 bits per heavy atom. The fraction of sp³-hybridized carbons (Fsp3) is 0.217. The molecule has 1 fully saturated rings. The van der Waals surface area contributed by atoms with Crippen LogP contribution in [0, 0.1) is 0 Å². The second kappa shape index (κ2) is 9.17. The first-order valence-corrected chi connectivity index (χ1v) is 11.2. The van der Waals surface area contributed by atoms with E-state index in [2.05, 4.69) is 36.5 Å². The maximum absolute atomic E-state index is 13.3. The molecule has 1 saturated carbocycles. The Bertz CT molecular complexity index is 1350. The van der Waals surface area contributed by atoms with Gasteiger partial charge in [0.05, 0.1) is 46.4 Å². The van der Waals surface area contributed by atoms with Crippen molar-refractivity contribution in [2.45, 2.75) is 31.0 Å². The molecule has 182 valence electrons. The maximum atomic E-state index is 13.3. The molecule has 12 heteroatoms. The average molecular weight is 550 g/mol. The van der Waals surface area contributed by atoms with Crippen molar-refractivity contribution in [2.24, 2.45) is 5.73 Å². The Morgan fingerprint density at radius 1 is 1.17 bits per heavy atom. The van der Waals surface area contributed by atoms with Gasteiger partial charge in [-0.05, 0) is 49.2 Å². The topological polar surface area (TPSA) is 130 Å². The number of carbonyl (C=O) groups excluding carboxylic acids is 2. The molecule has 0 bridgehead atoms. The Balaban J connectivity index is 1.46. The van der Waals surface area contributed by atoms with Crippen molar-refractivity contribution in [3.8, 4) is 0 Å². The van der Waals surface area contributed by atoms with E-state index in [1.807, 2.05) is 0 Å². The van der Waals surface area contributed by atoms with Crippen molar-refractivity contribution in [1.29, 1.82) is 0 Å². The van der Waals surface area contributed by atoms with Crippen LogP contribution in [0.15, 0.2) is 58.1 Å². The van der Waals surface area contributed by atoms with Crippen LogP contribution in [0.1, 0.15) is 40.0 Å². The van der Waals surface area contributed by atoms with Gasteiger partial charge in [-0.2, -0.15) is 13.2 Å². The molecular formula is C23H19BrF3N5O3. The second-order valence-electron chi connectivity index (χ2n) is 8.08. The zero-order valence-electron chi connectivity index (χ0n) is 18.0. The van der Waals surface area contributed by atoms with E-state index in [9.17, 15) is 27.6 Å². The van der Waals surface area contributed by atoms with Crippen molar-refractivity contribution in [3.05, 3.63) is 86.0 Å². The predicted molar refractivity (Wildman–Crippen MR) is 125 cm³/mol. The number of halogens is 4. The molecule has 5 N–H and O–H groups in total. The number of carbonyl (C=O) groups is 2. The van der Waals surface area contributed by atoms with Gasteiger partial charge in [0.1, 0.15) is 0 Å². The minimum atomic E-state index is -4.54. The molecule has 3 aromatic rings. The first-order valence-electron chi connectivity index (χ1n) is 10.4. The quantitative estimate of drug-likeness (QED) is 0.356. The van der Waals surface area contributed by atoms with Crippen LogP contribution >= 0.6 is 15.9 Å². The van der Waals surface area contributed by atoms with Gasteiger partial charge >= 0.3 is 6.18 Å². The van der Waals surface area contributed by atoms with Gasteiger partial charge in [0.15, 0.2) is 0 Å². The monoisotopic (exact) mass is 549 g/mol. The highest BCUT2D eigenvalue weighted by Gasteiger charge is 2.54. The van der Waals surface area contributed by atoms with E-state index in [4.69, 9.17) is 5.73 Å². The number of nitrogens with one attached hydrogen (secondary N) is 3. The third-order valence-electron chi connectivity index (χ3n) is 5.71. The van der Waals surface area contributed by atoms with Crippen LogP contribution in [0.2, 0.25) is 0 Å². The summed E-state index contributed by atoms with van der Waals surface area (Å²) >= 11 is 3.04. The van der Waals surface area contributed by atoms with Gasteiger partial charge in [-0.15, -0.1) is 0 Å². The molecule has 0 unspecified atom stereocenters. The Kier molecular flexibility index (Phi) is 6.41. The smallest absolute Gasteiger partial charge is 0.366 e. The lowest BCUT2D eigenvalue weighted by molar-refractivity contribution is -0.137. The fourth-order valence-electron chi connectivity index (χ4n) is 3.83. The van der Waals surface area contributed by atoms with Crippen molar-refractivity contribution >= 4 is 39.1 Å². The van der Waals surface area contributed by atoms with Crippen LogP contribution < -0.4 is 21.9 Å². The van der Waals surface area contributed by atoms with Crippen molar-refractivity contribution < 1.29 is 22.8 Å². The van der Waals surface area contributed by atoms with Crippen LogP contribution in [0.4, 0.5) is 24.5 Å². The molecule has 0 aliphatic heterocycles. The molecule has 8 nitrogen and oxygen atoms in total. The van der Waals surface area contributed by atoms with E-state index < -0.39 is 34.5 Å². The number of nitrogens with zero attached hydrogens (tertiary/aromatic N) is 1. The highest BCUT2D eigenvalue weighted by Crippen LogP contribution is 2.48. The molecule has 0 radical (unpaired) electrons. The normalized spacial score (nSPS) is 14.3. The molecule has 1 aliphatic rings. The van der Waals surface area contributed by atoms with E-state index in [0.717, 1.165) is 6.07 Å². The zero-order valence-corrected chi connectivity index (χ0v) is 19.6. The largest absolute Gasteiger partial charge is 0.418 e. The number of primary amides is 1. The van der Waals surface area contributed by atoms with Crippen LogP contribution in [-0.4, -0.2) is 21.8 Å². The second-order valence-corrected chi connectivity index (χ2v) is 8.99. The lowest BCUT2D eigenvalue weighted by atomic mass is 9.91. The van der Waals surface area contributed by atoms with Crippen LogP contribution in [0.25, 0.3) is 0 Å². The van der Waals surface area contributed by atoms with Gasteiger partial charge in [0.25, 0.3) is 5.56 Å². The Labute approximate surface area is 205 Å². The van der Waals surface area contributed by atoms with Crippen LogP contribution in [-0.2, 0) is 22.9 Å². The number of amides is 2. The molecule has 1 aromatic carbocycles. The number of hydrogen-bond acceptors (Lipinski definition) is 5. The summed E-state index contributed by atoms with van der Waals surface area (Å²) in [7, 11) is 0. The predicted octanol–water partition coefficient (Wildman–Crippen LogP) is 3.74. The summed E-state index contributed by atoms with van der Waals surface area (Å²) in [5, 5.41) is 5.42. The minimum Gasteiger partial charge on any atom is -0.366 e. The van der Waals surface area contributed by atoms with E-state index in [1.54, 1.807) is 6.07 Å². The third kappa shape index (κ3) is 5.06. The van der Waals surface area contributed by atoms with Crippen molar-refractivity contribution in [2.75, 3.05) is 5.32 Å². The lowest BCUT2D eigenvalue weighted by Crippen LogP contribution is -2.39.